The zero-order valence-corrected chi connectivity index (χ0v) is 15.3. The van der Waals surface area contributed by atoms with Crippen molar-refractivity contribution in [2.24, 2.45) is 5.41 Å². The van der Waals surface area contributed by atoms with Gasteiger partial charge in [-0.3, -0.25) is 0 Å². The molecule has 0 radical (unpaired) electrons. The normalized spacial score (nSPS) is 18.4. The standard InChI is InChI=1S/C17H28BrNS/c1-3-19-12-11-17(8-5-4-6-9-17)10-7-15-13-14(2)16(18)20-15/h13,19H,3-12H2,1-2H3. The zero-order valence-electron chi connectivity index (χ0n) is 12.9. The molecule has 1 heterocycles. The van der Waals surface area contributed by atoms with E-state index in [1.54, 1.807) is 4.88 Å². The van der Waals surface area contributed by atoms with Crippen LogP contribution in [0.25, 0.3) is 0 Å². The van der Waals surface area contributed by atoms with Crippen molar-refractivity contribution in [3.8, 4) is 0 Å². The average Bonchev–Trinajstić information content (AvgIpc) is 2.77. The van der Waals surface area contributed by atoms with Crippen LogP contribution in [-0.4, -0.2) is 13.1 Å². The SMILES string of the molecule is CCNCCC1(CCc2cc(C)c(Br)s2)CCCCC1. The van der Waals surface area contributed by atoms with Gasteiger partial charge in [0.05, 0.1) is 3.79 Å². The molecule has 0 bridgehead atoms. The van der Waals surface area contributed by atoms with Crippen molar-refractivity contribution in [1.82, 2.24) is 5.32 Å². The Morgan fingerprint density at radius 2 is 2.00 bits per heavy atom. The van der Waals surface area contributed by atoms with E-state index in [0.29, 0.717) is 5.41 Å². The summed E-state index contributed by atoms with van der Waals surface area (Å²) in [4.78, 5) is 1.56. The molecule has 0 unspecified atom stereocenters. The van der Waals surface area contributed by atoms with Gasteiger partial charge in [0, 0.05) is 4.88 Å². The van der Waals surface area contributed by atoms with Gasteiger partial charge in [-0.2, -0.15) is 0 Å². The van der Waals surface area contributed by atoms with Crippen molar-refractivity contribution in [2.45, 2.75) is 65.2 Å². The summed E-state index contributed by atoms with van der Waals surface area (Å²) < 4.78 is 1.32. The van der Waals surface area contributed by atoms with Crippen LogP contribution in [0.4, 0.5) is 0 Å². The lowest BCUT2D eigenvalue weighted by Crippen LogP contribution is -2.29. The maximum atomic E-state index is 3.66. The number of hydrogen-bond donors (Lipinski definition) is 1. The van der Waals surface area contributed by atoms with Gasteiger partial charge in [0.25, 0.3) is 0 Å². The Morgan fingerprint density at radius 3 is 2.60 bits per heavy atom. The third-order valence-corrected chi connectivity index (χ3v) is 7.00. The predicted octanol–water partition coefficient (Wildman–Crippen LogP) is 5.70. The molecule has 1 fully saturated rings. The second-order valence-electron chi connectivity index (χ2n) is 6.33. The maximum absolute atomic E-state index is 3.66. The van der Waals surface area contributed by atoms with Crippen LogP contribution in [0.2, 0.25) is 0 Å². The van der Waals surface area contributed by atoms with Crippen LogP contribution in [0.1, 0.15) is 62.3 Å². The van der Waals surface area contributed by atoms with Gasteiger partial charge in [-0.15, -0.1) is 11.3 Å². The van der Waals surface area contributed by atoms with Crippen molar-refractivity contribution >= 4 is 27.3 Å². The largest absolute Gasteiger partial charge is 0.317 e. The average molecular weight is 358 g/mol. The first kappa shape index (κ1) is 16.5. The highest BCUT2D eigenvalue weighted by atomic mass is 79.9. The molecule has 1 nitrogen and oxygen atoms in total. The van der Waals surface area contributed by atoms with Crippen molar-refractivity contribution in [1.29, 1.82) is 0 Å². The van der Waals surface area contributed by atoms with E-state index in [1.165, 1.54) is 67.3 Å². The van der Waals surface area contributed by atoms with E-state index >= 15 is 0 Å². The molecule has 0 atom stereocenters. The maximum Gasteiger partial charge on any atom is 0.0730 e. The Bertz CT molecular complexity index is 388. The van der Waals surface area contributed by atoms with Crippen molar-refractivity contribution in [2.75, 3.05) is 13.1 Å². The second-order valence-corrected chi connectivity index (χ2v) is 8.79. The van der Waals surface area contributed by atoms with Crippen molar-refractivity contribution in [3.63, 3.8) is 0 Å². The van der Waals surface area contributed by atoms with Gasteiger partial charge in [-0.25, -0.2) is 0 Å². The molecule has 0 aromatic carbocycles. The van der Waals surface area contributed by atoms with Gasteiger partial charge >= 0.3 is 0 Å². The minimum atomic E-state index is 0.616. The van der Waals surface area contributed by atoms with Gasteiger partial charge < -0.3 is 5.32 Å². The fraction of sp³-hybridized carbons (Fsp3) is 0.765. The molecule has 1 saturated carbocycles. The predicted molar refractivity (Wildman–Crippen MR) is 93.8 cm³/mol. The third-order valence-electron chi connectivity index (χ3n) is 4.81. The Balaban J connectivity index is 1.92. The Labute approximate surface area is 136 Å². The quantitative estimate of drug-likeness (QED) is 0.616. The molecule has 0 saturated heterocycles. The second kappa shape index (κ2) is 7.95. The smallest absolute Gasteiger partial charge is 0.0730 e. The van der Waals surface area contributed by atoms with E-state index in [1.807, 2.05) is 11.3 Å². The van der Waals surface area contributed by atoms with Crippen LogP contribution in [0.15, 0.2) is 9.85 Å². The molecule has 2 rings (SSSR count). The molecule has 1 aliphatic rings. The number of aryl methyl sites for hydroxylation is 2. The van der Waals surface area contributed by atoms with Gasteiger partial charge in [-0.05, 0) is 85.1 Å². The molecular formula is C17H28BrNS. The minimum absolute atomic E-state index is 0.616. The number of thiophene rings is 1. The highest BCUT2D eigenvalue weighted by molar-refractivity contribution is 9.11. The summed E-state index contributed by atoms with van der Waals surface area (Å²) in [6, 6.07) is 2.37. The number of rotatable bonds is 7. The van der Waals surface area contributed by atoms with E-state index in [0.717, 1.165) is 6.54 Å². The fourth-order valence-electron chi connectivity index (χ4n) is 3.49. The van der Waals surface area contributed by atoms with E-state index in [9.17, 15) is 0 Å². The highest BCUT2D eigenvalue weighted by Gasteiger charge is 2.31. The number of halogens is 1. The summed E-state index contributed by atoms with van der Waals surface area (Å²) in [5, 5.41) is 3.53. The molecule has 3 heteroatoms. The summed E-state index contributed by atoms with van der Waals surface area (Å²) in [5.41, 5.74) is 2.01. The van der Waals surface area contributed by atoms with Crippen LogP contribution in [-0.2, 0) is 6.42 Å². The first-order valence-electron chi connectivity index (χ1n) is 8.11. The molecule has 0 aliphatic heterocycles. The highest BCUT2D eigenvalue weighted by Crippen LogP contribution is 2.43. The summed E-state index contributed by atoms with van der Waals surface area (Å²) in [6.07, 6.45) is 11.2. The van der Waals surface area contributed by atoms with Crippen LogP contribution in [0.3, 0.4) is 0 Å². The molecule has 0 spiro atoms. The zero-order chi connectivity index (χ0) is 14.4. The summed E-state index contributed by atoms with van der Waals surface area (Å²) in [5.74, 6) is 0. The lowest BCUT2D eigenvalue weighted by molar-refractivity contribution is 0.157. The Hall–Kier alpha value is 0.140. The monoisotopic (exact) mass is 357 g/mol. The Morgan fingerprint density at radius 1 is 1.25 bits per heavy atom. The first-order valence-corrected chi connectivity index (χ1v) is 9.72. The molecule has 1 aliphatic carbocycles. The summed E-state index contributed by atoms with van der Waals surface area (Å²) in [6.45, 7) is 6.71. The molecule has 20 heavy (non-hydrogen) atoms. The lowest BCUT2D eigenvalue weighted by atomic mass is 9.69. The minimum Gasteiger partial charge on any atom is -0.317 e. The van der Waals surface area contributed by atoms with Gasteiger partial charge in [0.15, 0.2) is 0 Å². The van der Waals surface area contributed by atoms with Gasteiger partial charge in [0.1, 0.15) is 0 Å². The van der Waals surface area contributed by atoms with Crippen LogP contribution in [0, 0.1) is 12.3 Å². The topological polar surface area (TPSA) is 12.0 Å². The first-order chi connectivity index (χ1) is 9.65. The van der Waals surface area contributed by atoms with Crippen molar-refractivity contribution < 1.29 is 0 Å². The van der Waals surface area contributed by atoms with E-state index in [-0.39, 0.29) is 0 Å². The Kier molecular flexibility index (Phi) is 6.57. The third kappa shape index (κ3) is 4.57. The lowest BCUT2D eigenvalue weighted by Gasteiger charge is -2.37. The molecule has 1 aromatic rings. The molecule has 1 aromatic heterocycles. The fourth-order valence-corrected chi connectivity index (χ4v) is 5.12. The van der Waals surface area contributed by atoms with E-state index in [2.05, 4.69) is 41.2 Å². The number of nitrogens with one attached hydrogen (secondary N) is 1. The number of hydrogen-bond acceptors (Lipinski definition) is 2. The summed E-state index contributed by atoms with van der Waals surface area (Å²) in [7, 11) is 0. The van der Waals surface area contributed by atoms with Gasteiger partial charge in [0.2, 0.25) is 0 Å². The van der Waals surface area contributed by atoms with E-state index in [4.69, 9.17) is 0 Å². The van der Waals surface area contributed by atoms with Gasteiger partial charge in [-0.1, -0.05) is 26.2 Å². The van der Waals surface area contributed by atoms with Crippen molar-refractivity contribution in [3.05, 3.63) is 20.3 Å². The summed E-state index contributed by atoms with van der Waals surface area (Å²) >= 11 is 5.59. The van der Waals surface area contributed by atoms with Crippen LogP contribution < -0.4 is 5.32 Å². The molecule has 0 amide bonds. The van der Waals surface area contributed by atoms with Crippen LogP contribution >= 0.6 is 27.3 Å². The molecule has 1 N–H and O–H groups in total. The molecule has 114 valence electrons. The van der Waals surface area contributed by atoms with Crippen LogP contribution in [0.5, 0.6) is 0 Å². The molecular weight excluding hydrogens is 330 g/mol. The van der Waals surface area contributed by atoms with E-state index < -0.39 is 0 Å².